The lowest BCUT2D eigenvalue weighted by Gasteiger charge is -2.17. The first-order valence-electron chi connectivity index (χ1n) is 4.75. The summed E-state index contributed by atoms with van der Waals surface area (Å²) in [5.74, 6) is -0.384. The van der Waals surface area contributed by atoms with E-state index in [9.17, 15) is 9.90 Å². The summed E-state index contributed by atoms with van der Waals surface area (Å²) in [6.45, 7) is 2.19. The zero-order chi connectivity index (χ0) is 12.1. The van der Waals surface area contributed by atoms with Gasteiger partial charge in [0.15, 0.2) is 0 Å². The number of phenols is 1. The SMILES string of the molecule is CCN(CC#N)C(=O)c1cc(O)ccc1Cl. The van der Waals surface area contributed by atoms with Gasteiger partial charge in [0, 0.05) is 6.54 Å². The fourth-order valence-electron chi connectivity index (χ4n) is 1.26. The standard InChI is InChI=1S/C11H11ClN2O2/c1-2-14(6-5-13)11(16)9-7-8(15)3-4-10(9)12/h3-4,7,15H,2,6H2,1H3. The summed E-state index contributed by atoms with van der Waals surface area (Å²) in [6.07, 6.45) is 0. The lowest BCUT2D eigenvalue weighted by atomic mass is 10.2. The van der Waals surface area contributed by atoms with Crippen LogP contribution in [0.15, 0.2) is 18.2 Å². The molecule has 16 heavy (non-hydrogen) atoms. The van der Waals surface area contributed by atoms with E-state index < -0.39 is 0 Å². The van der Waals surface area contributed by atoms with Gasteiger partial charge in [0.2, 0.25) is 0 Å². The minimum absolute atomic E-state index is 0.00131. The molecule has 1 amide bonds. The van der Waals surface area contributed by atoms with Gasteiger partial charge in [0.1, 0.15) is 12.3 Å². The van der Waals surface area contributed by atoms with E-state index in [0.29, 0.717) is 6.54 Å². The molecule has 5 heteroatoms. The van der Waals surface area contributed by atoms with E-state index in [1.165, 1.54) is 23.1 Å². The summed E-state index contributed by atoms with van der Waals surface area (Å²) < 4.78 is 0. The summed E-state index contributed by atoms with van der Waals surface area (Å²) >= 11 is 5.85. The lowest BCUT2D eigenvalue weighted by Crippen LogP contribution is -2.31. The fourth-order valence-corrected chi connectivity index (χ4v) is 1.46. The molecule has 0 aliphatic heterocycles. The number of rotatable bonds is 3. The number of carbonyl (C=O) groups is 1. The molecule has 0 radical (unpaired) electrons. The van der Waals surface area contributed by atoms with Gasteiger partial charge in [-0.25, -0.2) is 0 Å². The molecule has 0 unspecified atom stereocenters. The maximum absolute atomic E-state index is 11.9. The molecule has 0 saturated carbocycles. The highest BCUT2D eigenvalue weighted by molar-refractivity contribution is 6.33. The predicted octanol–water partition coefficient (Wildman–Crippen LogP) is 2.03. The molecule has 0 spiro atoms. The molecule has 0 aliphatic carbocycles. The van der Waals surface area contributed by atoms with Crippen LogP contribution < -0.4 is 0 Å². The van der Waals surface area contributed by atoms with Crippen LogP contribution >= 0.6 is 11.6 Å². The molecule has 0 aliphatic rings. The minimum Gasteiger partial charge on any atom is -0.508 e. The monoisotopic (exact) mass is 238 g/mol. The molecule has 0 fully saturated rings. The van der Waals surface area contributed by atoms with Crippen LogP contribution in [0.3, 0.4) is 0 Å². The van der Waals surface area contributed by atoms with E-state index in [0.717, 1.165) is 0 Å². The van der Waals surface area contributed by atoms with Gasteiger partial charge in [-0.2, -0.15) is 5.26 Å². The van der Waals surface area contributed by atoms with Crippen LogP contribution in [-0.4, -0.2) is 29.0 Å². The number of halogens is 1. The van der Waals surface area contributed by atoms with Crippen LogP contribution in [0.2, 0.25) is 5.02 Å². The van der Waals surface area contributed by atoms with Gasteiger partial charge in [-0.15, -0.1) is 0 Å². The van der Waals surface area contributed by atoms with Crippen molar-refractivity contribution >= 4 is 17.5 Å². The zero-order valence-corrected chi connectivity index (χ0v) is 9.53. The minimum atomic E-state index is -0.357. The average Bonchev–Trinajstić information content (AvgIpc) is 2.28. The highest BCUT2D eigenvalue weighted by atomic mass is 35.5. The second kappa shape index (κ2) is 5.38. The van der Waals surface area contributed by atoms with Crippen molar-refractivity contribution in [2.45, 2.75) is 6.92 Å². The highest BCUT2D eigenvalue weighted by Gasteiger charge is 2.17. The number of benzene rings is 1. The molecule has 0 aromatic heterocycles. The third-order valence-corrected chi connectivity index (χ3v) is 2.44. The normalized spacial score (nSPS) is 9.56. The number of carbonyl (C=O) groups excluding carboxylic acids is 1. The van der Waals surface area contributed by atoms with Crippen LogP contribution in [0.1, 0.15) is 17.3 Å². The number of hydrogen-bond donors (Lipinski definition) is 1. The van der Waals surface area contributed by atoms with E-state index in [1.54, 1.807) is 6.92 Å². The van der Waals surface area contributed by atoms with Crippen molar-refractivity contribution in [3.8, 4) is 11.8 Å². The van der Waals surface area contributed by atoms with Crippen LogP contribution in [0.4, 0.5) is 0 Å². The van der Waals surface area contributed by atoms with E-state index in [-0.39, 0.29) is 28.8 Å². The Labute approximate surface area is 98.7 Å². The largest absolute Gasteiger partial charge is 0.508 e. The number of phenolic OH excluding ortho intramolecular Hbond substituents is 1. The Hall–Kier alpha value is -1.73. The van der Waals surface area contributed by atoms with Crippen LogP contribution in [0.5, 0.6) is 5.75 Å². The Balaban J connectivity index is 3.03. The lowest BCUT2D eigenvalue weighted by molar-refractivity contribution is 0.0784. The zero-order valence-electron chi connectivity index (χ0n) is 8.77. The maximum atomic E-state index is 11.9. The summed E-state index contributed by atoms with van der Waals surface area (Å²) in [5.41, 5.74) is 0.207. The second-order valence-electron chi connectivity index (χ2n) is 3.14. The van der Waals surface area contributed by atoms with Gasteiger partial charge in [-0.1, -0.05) is 11.6 Å². The van der Waals surface area contributed by atoms with Crippen molar-refractivity contribution in [3.63, 3.8) is 0 Å². The average molecular weight is 239 g/mol. The summed E-state index contributed by atoms with van der Waals surface area (Å²) in [5, 5.41) is 18.1. The maximum Gasteiger partial charge on any atom is 0.256 e. The van der Waals surface area contributed by atoms with E-state index in [1.807, 2.05) is 6.07 Å². The molecule has 1 N–H and O–H groups in total. The van der Waals surface area contributed by atoms with Crippen molar-refractivity contribution in [1.82, 2.24) is 4.90 Å². The van der Waals surface area contributed by atoms with Crippen molar-refractivity contribution in [3.05, 3.63) is 28.8 Å². The van der Waals surface area contributed by atoms with Crippen molar-refractivity contribution in [1.29, 1.82) is 5.26 Å². The molecule has 84 valence electrons. The Morgan fingerprint density at radius 3 is 2.88 bits per heavy atom. The number of nitriles is 1. The molecule has 1 aromatic rings. The number of hydrogen-bond acceptors (Lipinski definition) is 3. The Morgan fingerprint density at radius 1 is 1.62 bits per heavy atom. The number of amides is 1. The summed E-state index contributed by atoms with van der Waals surface area (Å²) in [7, 11) is 0. The summed E-state index contributed by atoms with van der Waals surface area (Å²) in [6, 6.07) is 6.05. The molecule has 0 bridgehead atoms. The van der Waals surface area contributed by atoms with Gasteiger partial charge < -0.3 is 10.0 Å². The molecule has 4 nitrogen and oxygen atoms in total. The van der Waals surface area contributed by atoms with Crippen LogP contribution in [0.25, 0.3) is 0 Å². The van der Waals surface area contributed by atoms with Crippen molar-refractivity contribution in [2.24, 2.45) is 0 Å². The molecular formula is C11H11ClN2O2. The second-order valence-corrected chi connectivity index (χ2v) is 3.55. The third kappa shape index (κ3) is 2.65. The van der Waals surface area contributed by atoms with E-state index in [2.05, 4.69) is 0 Å². The summed E-state index contributed by atoms with van der Waals surface area (Å²) in [4.78, 5) is 13.3. The molecule has 0 heterocycles. The Bertz CT molecular complexity index is 440. The number of aromatic hydroxyl groups is 1. The van der Waals surface area contributed by atoms with Crippen LogP contribution in [0, 0.1) is 11.3 Å². The molecule has 0 atom stereocenters. The highest BCUT2D eigenvalue weighted by Crippen LogP contribution is 2.22. The first-order chi connectivity index (χ1) is 7.60. The predicted molar refractivity (Wildman–Crippen MR) is 60.3 cm³/mol. The molecule has 1 rings (SSSR count). The fraction of sp³-hybridized carbons (Fsp3) is 0.273. The van der Waals surface area contributed by atoms with E-state index >= 15 is 0 Å². The van der Waals surface area contributed by atoms with E-state index in [4.69, 9.17) is 16.9 Å². The van der Waals surface area contributed by atoms with Crippen LogP contribution in [-0.2, 0) is 0 Å². The van der Waals surface area contributed by atoms with Gasteiger partial charge in [0.25, 0.3) is 5.91 Å². The Kier molecular flexibility index (Phi) is 4.15. The van der Waals surface area contributed by atoms with Crippen molar-refractivity contribution in [2.75, 3.05) is 13.1 Å². The smallest absolute Gasteiger partial charge is 0.256 e. The van der Waals surface area contributed by atoms with Gasteiger partial charge >= 0.3 is 0 Å². The Morgan fingerprint density at radius 2 is 2.31 bits per heavy atom. The third-order valence-electron chi connectivity index (χ3n) is 2.11. The van der Waals surface area contributed by atoms with Gasteiger partial charge in [-0.3, -0.25) is 4.79 Å². The molecule has 0 saturated heterocycles. The van der Waals surface area contributed by atoms with Crippen molar-refractivity contribution < 1.29 is 9.90 Å². The quantitative estimate of drug-likeness (QED) is 0.820. The first-order valence-corrected chi connectivity index (χ1v) is 5.12. The topological polar surface area (TPSA) is 64.3 Å². The van der Waals surface area contributed by atoms with Gasteiger partial charge in [-0.05, 0) is 25.1 Å². The molecule has 1 aromatic carbocycles. The molecular weight excluding hydrogens is 228 g/mol. The van der Waals surface area contributed by atoms with Gasteiger partial charge in [0.05, 0.1) is 16.7 Å². The first kappa shape index (κ1) is 12.3. The number of nitrogens with zero attached hydrogens (tertiary/aromatic N) is 2.